The molecule has 1 aromatic heterocycles. The van der Waals surface area contributed by atoms with Crippen molar-refractivity contribution in [2.75, 3.05) is 12.4 Å². The summed E-state index contributed by atoms with van der Waals surface area (Å²) in [5.41, 5.74) is 2.08. The molecule has 6 nitrogen and oxygen atoms in total. The Kier molecular flexibility index (Phi) is 7.53. The van der Waals surface area contributed by atoms with E-state index in [-0.39, 0.29) is 17.4 Å². The van der Waals surface area contributed by atoms with Crippen LogP contribution in [-0.4, -0.2) is 24.6 Å². The van der Waals surface area contributed by atoms with Crippen molar-refractivity contribution in [3.63, 3.8) is 0 Å². The Labute approximate surface area is 178 Å². The first-order valence-corrected chi connectivity index (χ1v) is 9.27. The highest BCUT2D eigenvalue weighted by atomic mass is 19.3. The molecule has 0 aliphatic carbocycles. The fraction of sp³-hybridized carbons (Fsp3) is 0.130. The number of hydrogen-bond acceptors (Lipinski definition) is 5. The molecule has 1 heterocycles. The van der Waals surface area contributed by atoms with E-state index in [1.807, 2.05) is 12.1 Å². The van der Waals surface area contributed by atoms with Gasteiger partial charge in [0.2, 0.25) is 5.91 Å². The molecule has 0 radical (unpaired) electrons. The van der Waals surface area contributed by atoms with Crippen LogP contribution >= 0.6 is 0 Å². The van der Waals surface area contributed by atoms with Crippen LogP contribution in [0, 0.1) is 0 Å². The zero-order valence-corrected chi connectivity index (χ0v) is 16.6. The number of methoxy groups -OCH3 is 1. The van der Waals surface area contributed by atoms with Crippen molar-refractivity contribution in [1.29, 1.82) is 0 Å². The second kappa shape index (κ2) is 10.7. The SMILES string of the molecule is COc1cc(/C=C/C(=O)Nc2cccc(OCc3cccnc3)c2)ccc1OC(F)F. The van der Waals surface area contributed by atoms with Crippen LogP contribution in [0.15, 0.2) is 73.1 Å². The Hall–Kier alpha value is -3.94. The van der Waals surface area contributed by atoms with Crippen molar-refractivity contribution in [2.24, 2.45) is 0 Å². The molecule has 0 spiro atoms. The number of halogens is 2. The molecule has 3 aromatic rings. The lowest BCUT2D eigenvalue weighted by molar-refractivity contribution is -0.111. The Bertz CT molecular complexity index is 1040. The number of carbonyl (C=O) groups is 1. The lowest BCUT2D eigenvalue weighted by Gasteiger charge is -2.10. The van der Waals surface area contributed by atoms with Crippen molar-refractivity contribution in [3.8, 4) is 17.2 Å². The van der Waals surface area contributed by atoms with Crippen LogP contribution in [0.1, 0.15) is 11.1 Å². The fourth-order valence-electron chi connectivity index (χ4n) is 2.65. The standard InChI is InChI=1S/C23H20F2N2O4/c1-29-21-12-16(7-9-20(21)31-23(24)25)8-10-22(28)27-18-5-2-6-19(13-18)30-15-17-4-3-11-26-14-17/h2-14,23H,15H2,1H3,(H,27,28)/b10-8+. The molecule has 0 unspecified atom stereocenters. The minimum absolute atomic E-state index is 0.0813. The van der Waals surface area contributed by atoms with Crippen LogP contribution < -0.4 is 19.5 Å². The molecule has 3 rings (SSSR count). The van der Waals surface area contributed by atoms with Gasteiger partial charge in [-0.2, -0.15) is 8.78 Å². The molecule has 160 valence electrons. The van der Waals surface area contributed by atoms with Crippen molar-refractivity contribution < 1.29 is 27.8 Å². The molecule has 0 saturated heterocycles. The summed E-state index contributed by atoms with van der Waals surface area (Å²) in [7, 11) is 1.34. The summed E-state index contributed by atoms with van der Waals surface area (Å²) in [5, 5.41) is 2.74. The van der Waals surface area contributed by atoms with Gasteiger partial charge in [-0.1, -0.05) is 18.2 Å². The van der Waals surface area contributed by atoms with Crippen molar-refractivity contribution in [3.05, 3.63) is 84.2 Å². The number of nitrogens with one attached hydrogen (secondary N) is 1. The topological polar surface area (TPSA) is 69.7 Å². The van der Waals surface area contributed by atoms with Crippen LogP contribution in [0.5, 0.6) is 17.2 Å². The number of pyridine rings is 1. The molecule has 0 fully saturated rings. The highest BCUT2D eigenvalue weighted by Crippen LogP contribution is 2.29. The summed E-state index contributed by atoms with van der Waals surface area (Å²) in [6, 6.07) is 15.1. The summed E-state index contributed by atoms with van der Waals surface area (Å²) in [4.78, 5) is 16.3. The van der Waals surface area contributed by atoms with E-state index >= 15 is 0 Å². The third-order valence-corrected chi connectivity index (χ3v) is 4.06. The van der Waals surface area contributed by atoms with E-state index in [0.717, 1.165) is 5.56 Å². The van der Waals surface area contributed by atoms with Crippen LogP contribution in [-0.2, 0) is 11.4 Å². The van der Waals surface area contributed by atoms with Crippen LogP contribution in [0.3, 0.4) is 0 Å². The smallest absolute Gasteiger partial charge is 0.387 e. The Morgan fingerprint density at radius 3 is 2.74 bits per heavy atom. The molecular weight excluding hydrogens is 406 g/mol. The number of nitrogens with zero attached hydrogens (tertiary/aromatic N) is 1. The minimum atomic E-state index is -2.95. The lowest BCUT2D eigenvalue weighted by Crippen LogP contribution is -2.08. The normalized spacial score (nSPS) is 10.8. The summed E-state index contributed by atoms with van der Waals surface area (Å²) >= 11 is 0. The van der Waals surface area contributed by atoms with Gasteiger partial charge in [0.1, 0.15) is 12.4 Å². The number of anilines is 1. The molecule has 31 heavy (non-hydrogen) atoms. The van der Waals surface area contributed by atoms with E-state index < -0.39 is 6.61 Å². The van der Waals surface area contributed by atoms with Gasteiger partial charge in [-0.25, -0.2) is 0 Å². The number of amides is 1. The van der Waals surface area contributed by atoms with E-state index in [1.54, 1.807) is 36.7 Å². The number of hydrogen-bond donors (Lipinski definition) is 1. The molecular formula is C23H20F2N2O4. The summed E-state index contributed by atoms with van der Waals surface area (Å²) in [5.74, 6) is 0.296. The van der Waals surface area contributed by atoms with Crippen molar-refractivity contribution in [1.82, 2.24) is 4.98 Å². The quantitative estimate of drug-likeness (QED) is 0.492. The molecule has 0 aliphatic rings. The molecule has 2 aromatic carbocycles. The first-order valence-electron chi connectivity index (χ1n) is 9.27. The number of rotatable bonds is 9. The molecule has 0 bridgehead atoms. The Morgan fingerprint density at radius 2 is 2.00 bits per heavy atom. The fourth-order valence-corrected chi connectivity index (χ4v) is 2.65. The lowest BCUT2D eigenvalue weighted by atomic mass is 10.2. The van der Waals surface area contributed by atoms with Gasteiger partial charge in [-0.15, -0.1) is 0 Å². The van der Waals surface area contributed by atoms with Gasteiger partial charge < -0.3 is 19.5 Å². The van der Waals surface area contributed by atoms with Crippen LogP contribution in [0.25, 0.3) is 6.08 Å². The van der Waals surface area contributed by atoms with Gasteiger partial charge in [0.05, 0.1) is 7.11 Å². The largest absolute Gasteiger partial charge is 0.493 e. The monoisotopic (exact) mass is 426 g/mol. The summed E-state index contributed by atoms with van der Waals surface area (Å²) in [6.45, 7) is -2.59. The van der Waals surface area contributed by atoms with E-state index in [2.05, 4.69) is 15.0 Å². The first kappa shape index (κ1) is 21.8. The highest BCUT2D eigenvalue weighted by Gasteiger charge is 2.10. The summed E-state index contributed by atoms with van der Waals surface area (Å²) < 4.78 is 40.0. The van der Waals surface area contributed by atoms with Gasteiger partial charge in [0.15, 0.2) is 11.5 Å². The first-order chi connectivity index (χ1) is 15.0. The van der Waals surface area contributed by atoms with Gasteiger partial charge in [-0.3, -0.25) is 9.78 Å². The van der Waals surface area contributed by atoms with Crippen LogP contribution in [0.4, 0.5) is 14.5 Å². The number of aromatic nitrogens is 1. The Morgan fingerprint density at radius 1 is 1.13 bits per heavy atom. The predicted octanol–water partition coefficient (Wildman–Crippen LogP) is 4.92. The molecule has 8 heteroatoms. The second-order valence-corrected chi connectivity index (χ2v) is 6.29. The van der Waals surface area contributed by atoms with E-state index in [4.69, 9.17) is 9.47 Å². The molecule has 0 aliphatic heterocycles. The number of alkyl halides is 2. The minimum Gasteiger partial charge on any atom is -0.493 e. The zero-order valence-electron chi connectivity index (χ0n) is 16.6. The third kappa shape index (κ3) is 6.81. The zero-order chi connectivity index (χ0) is 22.1. The maximum atomic E-state index is 12.4. The average Bonchev–Trinajstić information content (AvgIpc) is 2.77. The number of ether oxygens (including phenoxy) is 3. The van der Waals surface area contributed by atoms with Gasteiger partial charge in [0.25, 0.3) is 0 Å². The maximum absolute atomic E-state index is 12.4. The summed E-state index contributed by atoms with van der Waals surface area (Å²) in [6.07, 6.45) is 6.27. The van der Waals surface area contributed by atoms with Crippen molar-refractivity contribution in [2.45, 2.75) is 13.2 Å². The Balaban J connectivity index is 1.59. The van der Waals surface area contributed by atoms with Gasteiger partial charge in [-0.05, 0) is 42.0 Å². The van der Waals surface area contributed by atoms with E-state index in [1.165, 1.54) is 37.5 Å². The maximum Gasteiger partial charge on any atom is 0.387 e. The van der Waals surface area contributed by atoms with E-state index in [9.17, 15) is 13.6 Å². The molecule has 1 amide bonds. The van der Waals surface area contributed by atoms with Gasteiger partial charge >= 0.3 is 6.61 Å². The third-order valence-electron chi connectivity index (χ3n) is 4.06. The number of carbonyl (C=O) groups excluding carboxylic acids is 1. The highest BCUT2D eigenvalue weighted by molar-refractivity contribution is 6.02. The molecule has 1 N–H and O–H groups in total. The van der Waals surface area contributed by atoms with Gasteiger partial charge in [0, 0.05) is 35.8 Å². The number of benzene rings is 2. The molecule has 0 atom stereocenters. The predicted molar refractivity (Wildman–Crippen MR) is 112 cm³/mol. The van der Waals surface area contributed by atoms with Crippen LogP contribution in [0.2, 0.25) is 0 Å². The molecule has 0 saturated carbocycles. The second-order valence-electron chi connectivity index (χ2n) is 6.29. The van der Waals surface area contributed by atoms with E-state index in [0.29, 0.717) is 23.6 Å². The average molecular weight is 426 g/mol. The van der Waals surface area contributed by atoms with Crippen molar-refractivity contribution >= 4 is 17.7 Å².